The zero-order chi connectivity index (χ0) is 12.0. The van der Waals surface area contributed by atoms with Crippen LogP contribution in [0, 0.1) is 0 Å². The molecule has 0 aliphatic carbocycles. The third-order valence-corrected chi connectivity index (χ3v) is 5.28. The molecule has 1 aromatic heterocycles. The maximum absolute atomic E-state index is 11.3. The van der Waals surface area contributed by atoms with Crippen LogP contribution in [-0.4, -0.2) is 27.3 Å². The van der Waals surface area contributed by atoms with E-state index in [0.717, 1.165) is 4.47 Å². The number of sulfonamides is 1. The third-order valence-electron chi connectivity index (χ3n) is 1.89. The Morgan fingerprint density at radius 1 is 1.50 bits per heavy atom. The van der Waals surface area contributed by atoms with E-state index in [1.807, 2.05) is 11.4 Å². The molecular formula is C9H15BrN2O2S2. The van der Waals surface area contributed by atoms with Crippen LogP contribution in [0.25, 0.3) is 0 Å². The van der Waals surface area contributed by atoms with E-state index in [2.05, 4.69) is 26.0 Å². The van der Waals surface area contributed by atoms with Gasteiger partial charge in [0.15, 0.2) is 0 Å². The third kappa shape index (κ3) is 4.92. The van der Waals surface area contributed by atoms with E-state index in [1.165, 1.54) is 4.88 Å². The predicted molar refractivity (Wildman–Crippen MR) is 71.2 cm³/mol. The molecule has 0 fully saturated rings. The van der Waals surface area contributed by atoms with E-state index in [9.17, 15) is 8.42 Å². The highest BCUT2D eigenvalue weighted by Crippen LogP contribution is 2.21. The molecule has 2 N–H and O–H groups in total. The molecule has 1 aromatic rings. The maximum Gasteiger partial charge on any atom is 0.212 e. The van der Waals surface area contributed by atoms with Crippen LogP contribution in [0.1, 0.15) is 11.8 Å². The molecule has 92 valence electrons. The summed E-state index contributed by atoms with van der Waals surface area (Å²) in [4.78, 5) is 1.18. The topological polar surface area (TPSA) is 58.2 Å². The van der Waals surface area contributed by atoms with Crippen LogP contribution in [0.5, 0.6) is 0 Å². The van der Waals surface area contributed by atoms with Crippen LogP contribution in [0.3, 0.4) is 0 Å². The van der Waals surface area contributed by atoms with Gasteiger partial charge >= 0.3 is 0 Å². The van der Waals surface area contributed by atoms with Crippen molar-refractivity contribution in [2.75, 3.05) is 18.8 Å². The van der Waals surface area contributed by atoms with Gasteiger partial charge in [0.1, 0.15) is 0 Å². The molecule has 0 aliphatic rings. The van der Waals surface area contributed by atoms with E-state index in [1.54, 1.807) is 18.3 Å². The van der Waals surface area contributed by atoms with E-state index in [-0.39, 0.29) is 5.75 Å². The van der Waals surface area contributed by atoms with Gasteiger partial charge in [0.2, 0.25) is 10.0 Å². The summed E-state index contributed by atoms with van der Waals surface area (Å²) in [5.74, 6) is 0.115. The van der Waals surface area contributed by atoms with E-state index in [0.29, 0.717) is 19.6 Å². The molecule has 0 radical (unpaired) electrons. The second kappa shape index (κ2) is 6.70. The average molecular weight is 327 g/mol. The number of halogens is 1. The molecule has 0 atom stereocenters. The summed E-state index contributed by atoms with van der Waals surface area (Å²) in [5, 5.41) is 5.10. The Labute approximate surface area is 109 Å². The van der Waals surface area contributed by atoms with Gasteiger partial charge < -0.3 is 5.32 Å². The molecule has 0 unspecified atom stereocenters. The molecule has 0 saturated carbocycles. The lowest BCUT2D eigenvalue weighted by molar-refractivity contribution is 0.579. The minimum Gasteiger partial charge on any atom is -0.311 e. The summed E-state index contributed by atoms with van der Waals surface area (Å²) < 4.78 is 26.1. The summed E-state index contributed by atoms with van der Waals surface area (Å²) in [5.41, 5.74) is 0. The minimum atomic E-state index is -3.10. The predicted octanol–water partition coefficient (Wildman–Crippen LogP) is 1.54. The van der Waals surface area contributed by atoms with Crippen molar-refractivity contribution >= 4 is 37.3 Å². The van der Waals surface area contributed by atoms with Gasteiger partial charge in [-0.05, 0) is 27.4 Å². The summed E-state index contributed by atoms with van der Waals surface area (Å²) in [6, 6.07) is 1.98. The molecule has 1 heterocycles. The van der Waals surface area contributed by atoms with Crippen molar-refractivity contribution in [3.8, 4) is 0 Å². The maximum atomic E-state index is 11.3. The van der Waals surface area contributed by atoms with Crippen LogP contribution < -0.4 is 10.0 Å². The number of thiophene rings is 1. The van der Waals surface area contributed by atoms with Gasteiger partial charge in [0.05, 0.1) is 5.75 Å². The van der Waals surface area contributed by atoms with Gasteiger partial charge in [-0.2, -0.15) is 0 Å². The van der Waals surface area contributed by atoms with Crippen LogP contribution in [0.4, 0.5) is 0 Å². The summed E-state index contributed by atoms with van der Waals surface area (Å²) in [6.45, 7) is 3.37. The molecule has 0 saturated heterocycles. The monoisotopic (exact) mass is 326 g/mol. The number of nitrogens with one attached hydrogen (secondary N) is 2. The Bertz CT molecular complexity index is 417. The van der Waals surface area contributed by atoms with Crippen LogP contribution >= 0.6 is 27.3 Å². The standard InChI is InChI=1S/C9H15BrN2O2S2/c1-2-12-16(13,14)6-4-11-7-9-8(10)3-5-15-9/h3,5,11-12H,2,4,6-7H2,1H3. The molecule has 0 spiro atoms. The highest BCUT2D eigenvalue weighted by molar-refractivity contribution is 9.10. The average Bonchev–Trinajstić information content (AvgIpc) is 2.59. The zero-order valence-electron chi connectivity index (χ0n) is 8.99. The molecule has 1 rings (SSSR count). The van der Waals surface area contributed by atoms with Gasteiger partial charge in [-0.3, -0.25) is 0 Å². The van der Waals surface area contributed by atoms with Crippen molar-refractivity contribution < 1.29 is 8.42 Å². The van der Waals surface area contributed by atoms with Crippen molar-refractivity contribution in [1.29, 1.82) is 0 Å². The van der Waals surface area contributed by atoms with Gasteiger partial charge in [0, 0.05) is 29.0 Å². The molecule has 0 aliphatic heterocycles. The fraction of sp³-hybridized carbons (Fsp3) is 0.556. The van der Waals surface area contributed by atoms with E-state index >= 15 is 0 Å². The lowest BCUT2D eigenvalue weighted by Crippen LogP contribution is -2.31. The van der Waals surface area contributed by atoms with E-state index in [4.69, 9.17) is 0 Å². The first-order chi connectivity index (χ1) is 7.55. The van der Waals surface area contributed by atoms with Crippen molar-refractivity contribution in [2.45, 2.75) is 13.5 Å². The molecule has 0 amide bonds. The first-order valence-corrected chi connectivity index (χ1v) is 8.27. The summed E-state index contributed by atoms with van der Waals surface area (Å²) >= 11 is 5.07. The van der Waals surface area contributed by atoms with Crippen LogP contribution in [0.15, 0.2) is 15.9 Å². The SMILES string of the molecule is CCNS(=O)(=O)CCNCc1sccc1Br. The summed E-state index contributed by atoms with van der Waals surface area (Å²) in [7, 11) is -3.10. The fourth-order valence-corrected chi connectivity index (χ4v) is 3.61. The zero-order valence-corrected chi connectivity index (χ0v) is 12.2. The normalized spacial score (nSPS) is 11.9. The largest absolute Gasteiger partial charge is 0.311 e. The minimum absolute atomic E-state index is 0.115. The van der Waals surface area contributed by atoms with Gasteiger partial charge in [-0.15, -0.1) is 11.3 Å². The van der Waals surface area contributed by atoms with Crippen molar-refractivity contribution in [2.24, 2.45) is 0 Å². The lowest BCUT2D eigenvalue weighted by atomic mass is 10.4. The van der Waals surface area contributed by atoms with Gasteiger partial charge in [-0.25, -0.2) is 13.1 Å². The first kappa shape index (κ1) is 14.1. The van der Waals surface area contributed by atoms with Crippen molar-refractivity contribution in [3.63, 3.8) is 0 Å². The molecule has 16 heavy (non-hydrogen) atoms. The Hall–Kier alpha value is 0.0500. The second-order valence-corrected chi connectivity index (χ2v) is 6.97. The Balaban J connectivity index is 2.25. The Morgan fingerprint density at radius 2 is 2.25 bits per heavy atom. The molecule has 4 nitrogen and oxygen atoms in total. The first-order valence-electron chi connectivity index (χ1n) is 4.95. The molecular weight excluding hydrogens is 312 g/mol. The van der Waals surface area contributed by atoms with Crippen LogP contribution in [0.2, 0.25) is 0 Å². The number of hydrogen-bond acceptors (Lipinski definition) is 4. The molecule has 7 heteroatoms. The van der Waals surface area contributed by atoms with Gasteiger partial charge in [0.25, 0.3) is 0 Å². The number of rotatable bonds is 7. The van der Waals surface area contributed by atoms with Crippen LogP contribution in [-0.2, 0) is 16.6 Å². The Kier molecular flexibility index (Phi) is 5.91. The van der Waals surface area contributed by atoms with E-state index < -0.39 is 10.0 Å². The molecule has 0 bridgehead atoms. The highest BCUT2D eigenvalue weighted by Gasteiger charge is 2.07. The fourth-order valence-electron chi connectivity index (χ4n) is 1.15. The van der Waals surface area contributed by atoms with Crippen molar-refractivity contribution in [3.05, 3.63) is 20.8 Å². The Morgan fingerprint density at radius 3 is 2.81 bits per heavy atom. The molecule has 0 aromatic carbocycles. The smallest absolute Gasteiger partial charge is 0.212 e. The quantitative estimate of drug-likeness (QED) is 0.747. The summed E-state index contributed by atoms with van der Waals surface area (Å²) in [6.07, 6.45) is 0. The van der Waals surface area contributed by atoms with Gasteiger partial charge in [-0.1, -0.05) is 6.92 Å². The number of hydrogen-bond donors (Lipinski definition) is 2. The highest BCUT2D eigenvalue weighted by atomic mass is 79.9. The van der Waals surface area contributed by atoms with Crippen molar-refractivity contribution in [1.82, 2.24) is 10.0 Å². The lowest BCUT2D eigenvalue weighted by Gasteiger charge is -2.05. The second-order valence-electron chi connectivity index (χ2n) is 3.19.